The third-order valence-electron chi connectivity index (χ3n) is 2.27. The molecule has 0 heterocycles. The molecule has 1 rings (SSSR count). The van der Waals surface area contributed by atoms with Gasteiger partial charge in [-0.1, -0.05) is 29.3 Å². The molecule has 1 N–H and O–H groups in total. The lowest BCUT2D eigenvalue weighted by Gasteiger charge is -2.05. The molecule has 0 aliphatic carbocycles. The second kappa shape index (κ2) is 5.35. The molecule has 0 aliphatic rings. The largest absolute Gasteiger partial charge is 0.326 e. The van der Waals surface area contributed by atoms with Gasteiger partial charge in [0.05, 0.1) is 0 Å². The van der Waals surface area contributed by atoms with Gasteiger partial charge in [-0.2, -0.15) is 0 Å². The van der Waals surface area contributed by atoms with Crippen molar-refractivity contribution in [2.45, 2.75) is 27.2 Å². The predicted molar refractivity (Wildman–Crippen MR) is 63.9 cm³/mol. The fourth-order valence-electron chi connectivity index (χ4n) is 1.20. The van der Waals surface area contributed by atoms with Gasteiger partial charge in [0.2, 0.25) is 5.91 Å². The summed E-state index contributed by atoms with van der Waals surface area (Å²) in [5.74, 6) is 0.0365. The smallest absolute Gasteiger partial charge is 0.228 e. The Kier molecular flexibility index (Phi) is 4.10. The molecule has 0 unspecified atom stereocenters. The van der Waals surface area contributed by atoms with E-state index >= 15 is 0 Å². The van der Waals surface area contributed by atoms with Crippen molar-refractivity contribution in [3.63, 3.8) is 0 Å². The summed E-state index contributed by atoms with van der Waals surface area (Å²) in [5.41, 5.74) is 3.13. The number of amides is 1. The summed E-state index contributed by atoms with van der Waals surface area (Å²) in [5, 5.41) is 2.85. The number of anilines is 1. The Morgan fingerprint density at radius 1 is 1.33 bits per heavy atom. The van der Waals surface area contributed by atoms with Crippen LogP contribution in [0.5, 0.6) is 0 Å². The summed E-state index contributed by atoms with van der Waals surface area (Å²) in [6.45, 7) is 5.92. The van der Waals surface area contributed by atoms with Crippen LogP contribution >= 0.6 is 0 Å². The lowest BCUT2D eigenvalue weighted by molar-refractivity contribution is -0.115. The van der Waals surface area contributed by atoms with Crippen LogP contribution in [0.2, 0.25) is 0 Å². The van der Waals surface area contributed by atoms with Crippen LogP contribution in [0.3, 0.4) is 0 Å². The van der Waals surface area contributed by atoms with E-state index in [1.807, 2.05) is 51.1 Å². The molecule has 0 fully saturated rings. The van der Waals surface area contributed by atoms with Crippen molar-refractivity contribution < 1.29 is 4.79 Å². The molecule has 1 amide bonds. The first-order valence-electron chi connectivity index (χ1n) is 5.10. The molecule has 0 spiro atoms. The van der Waals surface area contributed by atoms with Crippen LogP contribution in [0.25, 0.3) is 0 Å². The van der Waals surface area contributed by atoms with E-state index in [4.69, 9.17) is 0 Å². The lowest BCUT2D eigenvalue weighted by Crippen LogP contribution is -2.11. The van der Waals surface area contributed by atoms with E-state index in [-0.39, 0.29) is 5.91 Å². The second-order valence-electron chi connectivity index (χ2n) is 3.73. The molecular weight excluding hydrogens is 186 g/mol. The lowest BCUT2D eigenvalue weighted by atomic mass is 10.2. The zero-order valence-corrected chi connectivity index (χ0v) is 9.50. The summed E-state index contributed by atoms with van der Waals surface area (Å²) in [6, 6.07) is 7.80. The molecule has 1 aromatic carbocycles. The Bertz CT molecular complexity index is 363. The summed E-state index contributed by atoms with van der Waals surface area (Å²) in [6.07, 6.45) is 2.42. The molecular formula is C13H17NO. The quantitative estimate of drug-likeness (QED) is 0.750. The predicted octanol–water partition coefficient (Wildman–Crippen LogP) is 3.29. The highest BCUT2D eigenvalue weighted by molar-refractivity contribution is 5.92. The molecule has 0 radical (unpaired) electrons. The van der Waals surface area contributed by atoms with Crippen molar-refractivity contribution in [1.29, 1.82) is 0 Å². The maximum Gasteiger partial charge on any atom is 0.228 e. The van der Waals surface area contributed by atoms with Crippen LogP contribution in [0.1, 0.15) is 25.8 Å². The Morgan fingerprint density at radius 2 is 1.93 bits per heavy atom. The zero-order chi connectivity index (χ0) is 11.3. The highest BCUT2D eigenvalue weighted by Gasteiger charge is 2.02. The van der Waals surface area contributed by atoms with E-state index in [0.717, 1.165) is 11.3 Å². The Balaban J connectivity index is 2.55. The number of allylic oxidation sites excluding steroid dienone is 1. The van der Waals surface area contributed by atoms with Gasteiger partial charge in [-0.05, 0) is 32.9 Å². The third kappa shape index (κ3) is 3.98. The van der Waals surface area contributed by atoms with Gasteiger partial charge in [-0.15, -0.1) is 0 Å². The van der Waals surface area contributed by atoms with E-state index in [0.29, 0.717) is 6.42 Å². The molecule has 0 aliphatic heterocycles. The van der Waals surface area contributed by atoms with Crippen molar-refractivity contribution >= 4 is 11.6 Å². The molecule has 0 saturated heterocycles. The monoisotopic (exact) mass is 203 g/mol. The SMILES string of the molecule is C/C=C(\C)CC(=O)Nc1ccc(C)cc1. The summed E-state index contributed by atoms with van der Waals surface area (Å²) in [4.78, 5) is 11.5. The van der Waals surface area contributed by atoms with Crippen molar-refractivity contribution in [2.75, 3.05) is 5.32 Å². The Morgan fingerprint density at radius 3 is 2.47 bits per heavy atom. The second-order valence-corrected chi connectivity index (χ2v) is 3.73. The molecule has 1 aromatic rings. The number of carbonyl (C=O) groups excluding carboxylic acids is 1. The van der Waals surface area contributed by atoms with Gasteiger partial charge in [-0.25, -0.2) is 0 Å². The fourth-order valence-corrected chi connectivity index (χ4v) is 1.20. The van der Waals surface area contributed by atoms with E-state index < -0.39 is 0 Å². The maximum atomic E-state index is 11.5. The maximum absolute atomic E-state index is 11.5. The van der Waals surface area contributed by atoms with Gasteiger partial charge in [0, 0.05) is 12.1 Å². The van der Waals surface area contributed by atoms with Gasteiger partial charge in [0.25, 0.3) is 0 Å². The molecule has 15 heavy (non-hydrogen) atoms. The number of nitrogens with one attached hydrogen (secondary N) is 1. The number of hydrogen-bond donors (Lipinski definition) is 1. The molecule has 0 aromatic heterocycles. The normalized spacial score (nSPS) is 11.3. The van der Waals surface area contributed by atoms with E-state index in [1.165, 1.54) is 5.56 Å². The van der Waals surface area contributed by atoms with Crippen molar-refractivity contribution in [3.8, 4) is 0 Å². The van der Waals surface area contributed by atoms with Crippen molar-refractivity contribution in [2.24, 2.45) is 0 Å². The Hall–Kier alpha value is -1.57. The van der Waals surface area contributed by atoms with E-state index in [1.54, 1.807) is 0 Å². The van der Waals surface area contributed by atoms with Crippen molar-refractivity contribution in [3.05, 3.63) is 41.5 Å². The standard InChI is InChI=1S/C13H17NO/c1-4-10(2)9-13(15)14-12-7-5-11(3)6-8-12/h4-8H,9H2,1-3H3,(H,14,15)/b10-4+. The molecule has 0 saturated carbocycles. The molecule has 0 bridgehead atoms. The first kappa shape index (κ1) is 11.5. The fraction of sp³-hybridized carbons (Fsp3) is 0.308. The van der Waals surface area contributed by atoms with Crippen LogP contribution in [0, 0.1) is 6.92 Å². The number of rotatable bonds is 3. The van der Waals surface area contributed by atoms with Gasteiger partial charge in [-0.3, -0.25) is 4.79 Å². The number of aryl methyl sites for hydroxylation is 1. The number of hydrogen-bond acceptors (Lipinski definition) is 1. The molecule has 80 valence electrons. The van der Waals surface area contributed by atoms with Crippen molar-refractivity contribution in [1.82, 2.24) is 0 Å². The highest BCUT2D eigenvalue weighted by Crippen LogP contribution is 2.10. The Labute approximate surface area is 91.0 Å². The summed E-state index contributed by atoms with van der Waals surface area (Å²) < 4.78 is 0. The summed E-state index contributed by atoms with van der Waals surface area (Å²) in [7, 11) is 0. The number of carbonyl (C=O) groups is 1. The molecule has 2 nitrogen and oxygen atoms in total. The van der Waals surface area contributed by atoms with E-state index in [9.17, 15) is 4.79 Å². The minimum Gasteiger partial charge on any atom is -0.326 e. The molecule has 2 heteroatoms. The topological polar surface area (TPSA) is 29.1 Å². The highest BCUT2D eigenvalue weighted by atomic mass is 16.1. The van der Waals surface area contributed by atoms with Gasteiger partial charge >= 0.3 is 0 Å². The zero-order valence-electron chi connectivity index (χ0n) is 9.50. The van der Waals surface area contributed by atoms with Crippen LogP contribution in [-0.2, 0) is 4.79 Å². The van der Waals surface area contributed by atoms with E-state index in [2.05, 4.69) is 5.32 Å². The minimum atomic E-state index is 0.0365. The third-order valence-corrected chi connectivity index (χ3v) is 2.27. The number of benzene rings is 1. The van der Waals surface area contributed by atoms with Crippen LogP contribution < -0.4 is 5.32 Å². The van der Waals surface area contributed by atoms with Gasteiger partial charge < -0.3 is 5.32 Å². The first-order valence-corrected chi connectivity index (χ1v) is 5.10. The van der Waals surface area contributed by atoms with Crippen LogP contribution in [0.4, 0.5) is 5.69 Å². The molecule has 0 atom stereocenters. The van der Waals surface area contributed by atoms with Gasteiger partial charge in [0.15, 0.2) is 0 Å². The minimum absolute atomic E-state index is 0.0365. The average molecular weight is 203 g/mol. The first-order chi connectivity index (χ1) is 7.11. The summed E-state index contributed by atoms with van der Waals surface area (Å²) >= 11 is 0. The van der Waals surface area contributed by atoms with Crippen LogP contribution in [0.15, 0.2) is 35.9 Å². The van der Waals surface area contributed by atoms with Crippen LogP contribution in [-0.4, -0.2) is 5.91 Å². The average Bonchev–Trinajstić information content (AvgIpc) is 2.21. The van der Waals surface area contributed by atoms with Gasteiger partial charge in [0.1, 0.15) is 0 Å².